The molecule has 68 valence electrons. The fraction of sp³-hybridized carbons (Fsp3) is 0. The molecule has 0 aromatic heterocycles. The minimum atomic E-state index is -2.56. The Labute approximate surface area is 75.3 Å². The van der Waals surface area contributed by atoms with E-state index in [1.165, 1.54) is 24.3 Å². The van der Waals surface area contributed by atoms with E-state index < -0.39 is 16.5 Å². The van der Waals surface area contributed by atoms with Gasteiger partial charge in [-0.15, -0.1) is 4.36 Å². The number of carboxylic acids is 1. The van der Waals surface area contributed by atoms with Gasteiger partial charge in [-0.05, 0) is 18.2 Å². The van der Waals surface area contributed by atoms with Crippen LogP contribution in [-0.4, -0.2) is 19.5 Å². The summed E-state index contributed by atoms with van der Waals surface area (Å²) in [5.41, 5.74) is 0.111. The molecule has 1 rings (SSSR count). The van der Waals surface area contributed by atoms with Gasteiger partial charge < -0.3 is 5.11 Å². The van der Waals surface area contributed by atoms with Gasteiger partial charge in [-0.2, -0.15) is 8.42 Å². The highest BCUT2D eigenvalue weighted by atomic mass is 32.2. The van der Waals surface area contributed by atoms with Crippen LogP contribution in [0.3, 0.4) is 0 Å². The van der Waals surface area contributed by atoms with Crippen LogP contribution in [0.1, 0.15) is 10.4 Å². The molecular weight excluding hydrogens is 194 g/mol. The van der Waals surface area contributed by atoms with Crippen LogP contribution in [0, 0.1) is 0 Å². The van der Waals surface area contributed by atoms with E-state index in [9.17, 15) is 13.2 Å². The molecule has 1 aromatic rings. The van der Waals surface area contributed by atoms with Crippen molar-refractivity contribution in [3.8, 4) is 0 Å². The Bertz CT molecular complexity index is 455. The number of hydrogen-bond donors (Lipinski definition) is 1. The lowest BCUT2D eigenvalue weighted by Crippen LogP contribution is -1.94. The number of rotatable bonds is 2. The third-order valence-electron chi connectivity index (χ3n) is 1.27. The Morgan fingerprint density at radius 1 is 1.38 bits per heavy atom. The first kappa shape index (κ1) is 9.40. The molecular formula is C7H5NO4S. The maximum absolute atomic E-state index is 10.4. The van der Waals surface area contributed by atoms with Crippen molar-refractivity contribution in [2.75, 3.05) is 0 Å². The van der Waals surface area contributed by atoms with Crippen molar-refractivity contribution in [1.82, 2.24) is 0 Å². The zero-order valence-electron chi connectivity index (χ0n) is 6.34. The van der Waals surface area contributed by atoms with E-state index in [-0.39, 0.29) is 11.3 Å². The monoisotopic (exact) mass is 199 g/mol. The van der Waals surface area contributed by atoms with Crippen LogP contribution in [0.2, 0.25) is 0 Å². The van der Waals surface area contributed by atoms with Gasteiger partial charge in [-0.1, -0.05) is 6.07 Å². The number of aromatic carboxylic acids is 1. The van der Waals surface area contributed by atoms with Crippen molar-refractivity contribution in [2.24, 2.45) is 4.36 Å². The van der Waals surface area contributed by atoms with E-state index in [1.807, 2.05) is 0 Å². The molecule has 0 aliphatic rings. The van der Waals surface area contributed by atoms with Crippen LogP contribution in [-0.2, 0) is 10.5 Å². The minimum absolute atomic E-state index is 0.00620. The second-order valence-corrected chi connectivity index (χ2v) is 2.78. The smallest absolute Gasteiger partial charge is 0.335 e. The van der Waals surface area contributed by atoms with E-state index in [4.69, 9.17) is 5.11 Å². The Balaban J connectivity index is 3.20. The predicted molar refractivity (Wildman–Crippen MR) is 44.4 cm³/mol. The molecule has 0 saturated carbocycles. The van der Waals surface area contributed by atoms with E-state index in [1.54, 1.807) is 0 Å². The topological polar surface area (TPSA) is 83.8 Å². The minimum Gasteiger partial charge on any atom is -0.478 e. The Kier molecular flexibility index (Phi) is 2.76. The molecule has 0 radical (unpaired) electrons. The van der Waals surface area contributed by atoms with E-state index in [2.05, 4.69) is 4.36 Å². The van der Waals surface area contributed by atoms with Gasteiger partial charge in [-0.3, -0.25) is 0 Å². The molecule has 1 N–H and O–H groups in total. The number of nitrogens with zero attached hydrogens (tertiary/aromatic N) is 1. The lowest BCUT2D eigenvalue weighted by molar-refractivity contribution is 0.0697. The first-order valence-electron chi connectivity index (χ1n) is 3.24. The number of benzene rings is 1. The van der Waals surface area contributed by atoms with Gasteiger partial charge in [0, 0.05) is 0 Å². The van der Waals surface area contributed by atoms with Crippen LogP contribution in [0.4, 0.5) is 5.69 Å². The first-order chi connectivity index (χ1) is 6.09. The Hall–Kier alpha value is -1.69. The average Bonchev–Trinajstić information content (AvgIpc) is 2.03. The van der Waals surface area contributed by atoms with Crippen LogP contribution >= 0.6 is 0 Å². The van der Waals surface area contributed by atoms with Gasteiger partial charge in [0.25, 0.3) is 0 Å². The molecule has 0 heterocycles. The lowest BCUT2D eigenvalue weighted by Gasteiger charge is -1.93. The van der Waals surface area contributed by atoms with Crippen molar-refractivity contribution in [3.05, 3.63) is 29.8 Å². The standard InChI is InChI=1S/C7H5NO4S/c9-7(10)5-2-1-3-6(4-5)8-13(11)12/h1-4H,(H,9,10). The molecule has 0 unspecified atom stereocenters. The summed E-state index contributed by atoms with van der Waals surface area (Å²) in [5.74, 6) is -1.12. The summed E-state index contributed by atoms with van der Waals surface area (Å²) in [7, 11) is -2.56. The number of carbonyl (C=O) groups is 1. The summed E-state index contributed by atoms with van der Waals surface area (Å²) in [6, 6.07) is 5.37. The molecule has 0 atom stereocenters. The van der Waals surface area contributed by atoms with Crippen molar-refractivity contribution in [2.45, 2.75) is 0 Å². The molecule has 0 aliphatic heterocycles. The summed E-state index contributed by atoms with van der Waals surface area (Å²) in [5, 5.41) is 8.55. The highest BCUT2D eigenvalue weighted by Crippen LogP contribution is 2.13. The maximum atomic E-state index is 10.4. The second kappa shape index (κ2) is 3.81. The Morgan fingerprint density at radius 2 is 2.08 bits per heavy atom. The van der Waals surface area contributed by atoms with Crippen molar-refractivity contribution in [3.63, 3.8) is 0 Å². The molecule has 6 heteroatoms. The van der Waals surface area contributed by atoms with E-state index in [0.29, 0.717) is 0 Å². The highest BCUT2D eigenvalue weighted by molar-refractivity contribution is 7.61. The predicted octanol–water partition coefficient (Wildman–Crippen LogP) is 1.08. The molecule has 0 fully saturated rings. The van der Waals surface area contributed by atoms with E-state index in [0.717, 1.165) is 0 Å². The van der Waals surface area contributed by atoms with Crippen molar-refractivity contribution in [1.29, 1.82) is 0 Å². The van der Waals surface area contributed by atoms with Crippen LogP contribution < -0.4 is 0 Å². The summed E-state index contributed by atoms with van der Waals surface area (Å²) >= 11 is 0. The maximum Gasteiger partial charge on any atom is 0.335 e. The van der Waals surface area contributed by atoms with Crippen LogP contribution in [0.5, 0.6) is 0 Å². The normalized spacial score (nSPS) is 9.23. The van der Waals surface area contributed by atoms with Crippen LogP contribution in [0.25, 0.3) is 0 Å². The third-order valence-corrected chi connectivity index (χ3v) is 1.63. The SMILES string of the molecule is O=C(O)c1cccc(N=S(=O)=O)c1. The summed E-state index contributed by atoms with van der Waals surface area (Å²) < 4.78 is 23.4. The molecule has 0 bridgehead atoms. The van der Waals surface area contributed by atoms with Gasteiger partial charge >= 0.3 is 16.5 Å². The average molecular weight is 199 g/mol. The molecule has 0 spiro atoms. The second-order valence-electron chi connectivity index (χ2n) is 2.16. The highest BCUT2D eigenvalue weighted by Gasteiger charge is 2.01. The zero-order valence-corrected chi connectivity index (χ0v) is 7.15. The van der Waals surface area contributed by atoms with Gasteiger partial charge in [0.15, 0.2) is 0 Å². The quantitative estimate of drug-likeness (QED) is 0.772. The fourth-order valence-corrected chi connectivity index (χ4v) is 1.07. The third kappa shape index (κ3) is 2.68. The summed E-state index contributed by atoms with van der Waals surface area (Å²) in [6.45, 7) is 0. The molecule has 1 aromatic carbocycles. The van der Waals surface area contributed by atoms with E-state index >= 15 is 0 Å². The fourth-order valence-electron chi connectivity index (χ4n) is 0.782. The van der Waals surface area contributed by atoms with Gasteiger partial charge in [-0.25, -0.2) is 4.79 Å². The number of hydrogen-bond acceptors (Lipinski definition) is 4. The molecule has 0 saturated heterocycles. The lowest BCUT2D eigenvalue weighted by atomic mass is 10.2. The zero-order chi connectivity index (χ0) is 9.84. The first-order valence-corrected chi connectivity index (χ1v) is 4.27. The summed E-state index contributed by atoms with van der Waals surface area (Å²) in [4.78, 5) is 10.4. The molecule has 5 nitrogen and oxygen atoms in total. The van der Waals surface area contributed by atoms with Gasteiger partial charge in [0.1, 0.15) is 0 Å². The Morgan fingerprint density at radius 3 is 2.62 bits per heavy atom. The molecule has 0 aliphatic carbocycles. The van der Waals surface area contributed by atoms with Crippen molar-refractivity contribution >= 4 is 22.2 Å². The van der Waals surface area contributed by atoms with Crippen molar-refractivity contribution < 1.29 is 18.3 Å². The van der Waals surface area contributed by atoms with Gasteiger partial charge in [0.2, 0.25) is 0 Å². The summed E-state index contributed by atoms with van der Waals surface area (Å²) in [6.07, 6.45) is 0. The van der Waals surface area contributed by atoms with Crippen LogP contribution in [0.15, 0.2) is 28.6 Å². The largest absolute Gasteiger partial charge is 0.478 e. The van der Waals surface area contributed by atoms with Gasteiger partial charge in [0.05, 0.1) is 11.3 Å². The molecule has 0 amide bonds. The molecule has 13 heavy (non-hydrogen) atoms. The number of carboxylic acid groups (broad SMARTS) is 1.